The molecule has 1 aromatic rings. The van der Waals surface area contributed by atoms with Crippen LogP contribution in [0.5, 0.6) is 0 Å². The van der Waals surface area contributed by atoms with Crippen LogP contribution in [0.1, 0.15) is 12.5 Å². The summed E-state index contributed by atoms with van der Waals surface area (Å²) in [5.74, 6) is 0.330. The van der Waals surface area contributed by atoms with Crippen molar-refractivity contribution in [1.29, 1.82) is 0 Å². The molecule has 0 saturated heterocycles. The molecule has 0 aliphatic heterocycles. The van der Waals surface area contributed by atoms with Crippen molar-refractivity contribution < 1.29 is 4.79 Å². The predicted molar refractivity (Wildman–Crippen MR) is 66.4 cm³/mol. The van der Waals surface area contributed by atoms with E-state index in [2.05, 4.69) is 5.32 Å². The van der Waals surface area contributed by atoms with Crippen molar-refractivity contribution in [1.82, 2.24) is 5.32 Å². The smallest absolute Gasteiger partial charge is 0.224 e. The van der Waals surface area contributed by atoms with Gasteiger partial charge in [-0.25, -0.2) is 0 Å². The molecule has 0 aromatic heterocycles. The maximum Gasteiger partial charge on any atom is 0.224 e. The van der Waals surface area contributed by atoms with Gasteiger partial charge in [-0.15, -0.1) is 0 Å². The van der Waals surface area contributed by atoms with Gasteiger partial charge in [0.1, 0.15) is 0 Å². The third kappa shape index (κ3) is 4.64. The van der Waals surface area contributed by atoms with E-state index in [1.165, 1.54) is 0 Å². The Morgan fingerprint density at radius 2 is 2.06 bits per heavy atom. The Bertz CT molecular complexity index is 337. The van der Waals surface area contributed by atoms with Crippen LogP contribution in [-0.4, -0.2) is 19.0 Å². The van der Waals surface area contributed by atoms with Gasteiger partial charge in [-0.05, 0) is 30.2 Å². The molecule has 0 bridgehead atoms. The molecule has 0 heterocycles. The molecule has 4 heteroatoms. The fraction of sp³-hybridized carbons (Fsp3) is 0.417. The first-order valence-corrected chi connectivity index (χ1v) is 5.71. The summed E-state index contributed by atoms with van der Waals surface area (Å²) < 4.78 is 0. The lowest BCUT2D eigenvalue weighted by Gasteiger charge is -2.09. The molecule has 0 spiro atoms. The van der Waals surface area contributed by atoms with Gasteiger partial charge in [0.15, 0.2) is 0 Å². The van der Waals surface area contributed by atoms with Crippen LogP contribution in [-0.2, 0) is 11.2 Å². The van der Waals surface area contributed by atoms with Crippen LogP contribution in [0.2, 0.25) is 5.02 Å². The summed E-state index contributed by atoms with van der Waals surface area (Å²) in [6.07, 6.45) is 0.383. The predicted octanol–water partition coefficient (Wildman–Crippen LogP) is 1.59. The summed E-state index contributed by atoms with van der Waals surface area (Å²) in [6.45, 7) is 3.21. The van der Waals surface area contributed by atoms with E-state index in [1.807, 2.05) is 19.1 Å². The zero-order valence-electron chi connectivity index (χ0n) is 9.37. The van der Waals surface area contributed by atoms with Gasteiger partial charge in [-0.1, -0.05) is 30.7 Å². The molecule has 1 aromatic carbocycles. The maximum atomic E-state index is 11.5. The number of halogens is 1. The van der Waals surface area contributed by atoms with Crippen LogP contribution in [0, 0.1) is 5.92 Å². The minimum atomic E-state index is 0.0163. The molecule has 0 fully saturated rings. The van der Waals surface area contributed by atoms with Gasteiger partial charge in [0.25, 0.3) is 0 Å². The highest BCUT2D eigenvalue weighted by atomic mass is 35.5. The number of hydrogen-bond acceptors (Lipinski definition) is 2. The average molecular weight is 241 g/mol. The van der Waals surface area contributed by atoms with E-state index in [-0.39, 0.29) is 5.91 Å². The van der Waals surface area contributed by atoms with Crippen molar-refractivity contribution >= 4 is 17.5 Å². The lowest BCUT2D eigenvalue weighted by Crippen LogP contribution is -2.32. The Morgan fingerprint density at radius 1 is 1.44 bits per heavy atom. The van der Waals surface area contributed by atoms with Gasteiger partial charge in [-0.2, -0.15) is 0 Å². The minimum absolute atomic E-state index is 0.0163. The second-order valence-electron chi connectivity index (χ2n) is 3.95. The molecular formula is C12H17ClN2O. The fourth-order valence-corrected chi connectivity index (χ4v) is 1.35. The molecule has 3 nitrogen and oxygen atoms in total. The van der Waals surface area contributed by atoms with E-state index in [0.717, 1.165) is 5.56 Å². The molecule has 0 aliphatic carbocycles. The number of amides is 1. The molecule has 0 saturated carbocycles. The highest BCUT2D eigenvalue weighted by Crippen LogP contribution is 2.09. The zero-order valence-corrected chi connectivity index (χ0v) is 10.1. The molecule has 88 valence electrons. The third-order valence-electron chi connectivity index (χ3n) is 2.33. The Morgan fingerprint density at radius 3 is 2.62 bits per heavy atom. The molecule has 16 heavy (non-hydrogen) atoms. The van der Waals surface area contributed by atoms with E-state index < -0.39 is 0 Å². The Kier molecular flexibility index (Phi) is 5.29. The van der Waals surface area contributed by atoms with Gasteiger partial charge >= 0.3 is 0 Å². The van der Waals surface area contributed by atoms with Gasteiger partial charge < -0.3 is 11.1 Å². The van der Waals surface area contributed by atoms with E-state index >= 15 is 0 Å². The first kappa shape index (κ1) is 13.0. The van der Waals surface area contributed by atoms with Crippen LogP contribution in [0.4, 0.5) is 0 Å². The molecule has 0 radical (unpaired) electrons. The second-order valence-corrected chi connectivity index (χ2v) is 4.38. The van der Waals surface area contributed by atoms with Gasteiger partial charge in [0.05, 0.1) is 6.42 Å². The lowest BCUT2D eigenvalue weighted by atomic mass is 10.1. The van der Waals surface area contributed by atoms with Crippen molar-refractivity contribution in [2.45, 2.75) is 13.3 Å². The topological polar surface area (TPSA) is 55.1 Å². The number of carbonyl (C=O) groups is 1. The Hall–Kier alpha value is -1.06. The summed E-state index contributed by atoms with van der Waals surface area (Å²) in [6, 6.07) is 7.28. The number of rotatable bonds is 5. The Labute approximate surface area is 101 Å². The summed E-state index contributed by atoms with van der Waals surface area (Å²) in [7, 11) is 0. The lowest BCUT2D eigenvalue weighted by molar-refractivity contribution is -0.120. The largest absolute Gasteiger partial charge is 0.356 e. The quantitative estimate of drug-likeness (QED) is 0.821. The molecule has 1 unspecified atom stereocenters. The van der Waals surface area contributed by atoms with Gasteiger partial charge in [0, 0.05) is 11.6 Å². The summed E-state index contributed by atoms with van der Waals surface area (Å²) >= 11 is 5.76. The highest BCUT2D eigenvalue weighted by Gasteiger charge is 2.05. The summed E-state index contributed by atoms with van der Waals surface area (Å²) in [4.78, 5) is 11.5. The van der Waals surface area contributed by atoms with Gasteiger partial charge in [0.2, 0.25) is 5.91 Å². The van der Waals surface area contributed by atoms with Crippen LogP contribution in [0.15, 0.2) is 24.3 Å². The maximum absolute atomic E-state index is 11.5. The number of carbonyl (C=O) groups excluding carboxylic acids is 1. The fourth-order valence-electron chi connectivity index (χ4n) is 1.22. The number of nitrogens with one attached hydrogen (secondary N) is 1. The first-order chi connectivity index (χ1) is 7.61. The molecular weight excluding hydrogens is 224 g/mol. The second kappa shape index (κ2) is 6.51. The average Bonchev–Trinajstić information content (AvgIpc) is 2.29. The van der Waals surface area contributed by atoms with Crippen molar-refractivity contribution in [3.05, 3.63) is 34.9 Å². The first-order valence-electron chi connectivity index (χ1n) is 5.33. The van der Waals surface area contributed by atoms with Crippen molar-refractivity contribution in [2.75, 3.05) is 13.1 Å². The summed E-state index contributed by atoms with van der Waals surface area (Å²) in [5, 5.41) is 3.53. The van der Waals surface area contributed by atoms with Gasteiger partial charge in [-0.3, -0.25) is 4.79 Å². The van der Waals surface area contributed by atoms with E-state index in [0.29, 0.717) is 30.5 Å². The van der Waals surface area contributed by atoms with Crippen molar-refractivity contribution in [2.24, 2.45) is 11.7 Å². The molecule has 1 atom stereocenters. The third-order valence-corrected chi connectivity index (χ3v) is 2.58. The number of nitrogens with two attached hydrogens (primary N) is 1. The molecule has 1 rings (SSSR count). The highest BCUT2D eigenvalue weighted by molar-refractivity contribution is 6.30. The molecule has 3 N–H and O–H groups in total. The van der Waals surface area contributed by atoms with E-state index in [9.17, 15) is 4.79 Å². The monoisotopic (exact) mass is 240 g/mol. The van der Waals surface area contributed by atoms with Crippen molar-refractivity contribution in [3.63, 3.8) is 0 Å². The normalized spacial score (nSPS) is 12.2. The zero-order chi connectivity index (χ0) is 12.0. The number of hydrogen-bond donors (Lipinski definition) is 2. The van der Waals surface area contributed by atoms with Crippen LogP contribution in [0.3, 0.4) is 0 Å². The molecule has 1 amide bonds. The molecule has 0 aliphatic rings. The van der Waals surface area contributed by atoms with Crippen LogP contribution in [0.25, 0.3) is 0 Å². The SMILES string of the molecule is CC(CN)CNC(=O)Cc1ccc(Cl)cc1. The van der Waals surface area contributed by atoms with Crippen LogP contribution < -0.4 is 11.1 Å². The van der Waals surface area contributed by atoms with E-state index in [1.54, 1.807) is 12.1 Å². The minimum Gasteiger partial charge on any atom is -0.356 e. The van der Waals surface area contributed by atoms with Crippen LogP contribution >= 0.6 is 11.6 Å². The summed E-state index contributed by atoms with van der Waals surface area (Å²) in [5.41, 5.74) is 6.42. The van der Waals surface area contributed by atoms with Crippen molar-refractivity contribution in [3.8, 4) is 0 Å². The van der Waals surface area contributed by atoms with E-state index in [4.69, 9.17) is 17.3 Å². The number of benzene rings is 1. The standard InChI is InChI=1S/C12H17ClN2O/c1-9(7-14)8-15-12(16)6-10-2-4-11(13)5-3-10/h2-5,9H,6-8,14H2,1H3,(H,15,16). The Balaban J connectivity index is 2.37.